The Labute approximate surface area is 148 Å². The lowest BCUT2D eigenvalue weighted by Gasteiger charge is -2.26. The highest BCUT2D eigenvalue weighted by Gasteiger charge is 2.29. The molecule has 0 aliphatic rings. The van der Waals surface area contributed by atoms with Gasteiger partial charge in [0.2, 0.25) is 5.24 Å². The Bertz CT molecular complexity index is 851. The second-order valence-corrected chi connectivity index (χ2v) is 8.21. The molecule has 6 heteroatoms. The number of hydrogen-bond donors (Lipinski definition) is 0. The van der Waals surface area contributed by atoms with Gasteiger partial charge in [-0.05, 0) is 62.6 Å². The van der Waals surface area contributed by atoms with Crippen LogP contribution in [-0.4, -0.2) is 20.2 Å². The Hall–Kier alpha value is -1.85. The van der Waals surface area contributed by atoms with Crippen LogP contribution in [0.4, 0.5) is 5.69 Å². The van der Waals surface area contributed by atoms with Gasteiger partial charge in [0.25, 0.3) is 10.0 Å². The number of carbonyl (C=O) groups excluding carboxylic acids is 1. The van der Waals surface area contributed by atoms with Crippen LogP contribution >= 0.6 is 11.6 Å². The first-order chi connectivity index (χ1) is 11.1. The van der Waals surface area contributed by atoms with Gasteiger partial charge in [0.15, 0.2) is 0 Å². The molecule has 0 unspecified atom stereocenters. The number of halogens is 1. The van der Waals surface area contributed by atoms with Crippen molar-refractivity contribution >= 4 is 32.6 Å². The van der Waals surface area contributed by atoms with Gasteiger partial charge in [0.05, 0.1) is 10.6 Å². The van der Waals surface area contributed by atoms with Crippen molar-refractivity contribution in [3.63, 3.8) is 0 Å². The fourth-order valence-corrected chi connectivity index (χ4v) is 4.54. The molecule has 2 aromatic carbocycles. The molecule has 0 aromatic heterocycles. The molecule has 2 aromatic rings. The maximum absolute atomic E-state index is 13.1. The highest BCUT2D eigenvalue weighted by atomic mass is 35.5. The van der Waals surface area contributed by atoms with Crippen LogP contribution < -0.4 is 4.31 Å². The van der Waals surface area contributed by atoms with Gasteiger partial charge in [-0.25, -0.2) is 8.42 Å². The predicted octanol–water partition coefficient (Wildman–Crippen LogP) is 3.88. The third-order valence-electron chi connectivity index (χ3n) is 3.76. The number of aryl methyl sites for hydroxylation is 4. The summed E-state index contributed by atoms with van der Waals surface area (Å²) in [6.45, 7) is 7.06. The zero-order chi connectivity index (χ0) is 18.1. The average Bonchev–Trinajstić information content (AvgIpc) is 2.45. The second kappa shape index (κ2) is 6.95. The SMILES string of the molecule is Cc1ccc(S(=O)(=O)N(CC(=O)Cl)c2c(C)cc(C)cc2C)cc1. The number of anilines is 1. The van der Waals surface area contributed by atoms with Crippen LogP contribution in [0.2, 0.25) is 0 Å². The first-order valence-corrected chi connectivity index (χ1v) is 9.30. The molecule has 4 nitrogen and oxygen atoms in total. The van der Waals surface area contributed by atoms with Crippen molar-refractivity contribution in [1.29, 1.82) is 0 Å². The lowest BCUT2D eigenvalue weighted by Crippen LogP contribution is -2.35. The minimum atomic E-state index is -3.90. The van der Waals surface area contributed by atoms with Crippen molar-refractivity contribution in [2.24, 2.45) is 0 Å². The van der Waals surface area contributed by atoms with Crippen molar-refractivity contribution in [1.82, 2.24) is 0 Å². The molecule has 0 spiro atoms. The van der Waals surface area contributed by atoms with Gasteiger partial charge in [-0.15, -0.1) is 0 Å². The molecule has 0 saturated heterocycles. The van der Waals surface area contributed by atoms with Gasteiger partial charge in [0, 0.05) is 0 Å². The highest BCUT2D eigenvalue weighted by Crippen LogP contribution is 2.31. The lowest BCUT2D eigenvalue weighted by molar-refractivity contribution is -0.110. The maximum Gasteiger partial charge on any atom is 0.264 e. The van der Waals surface area contributed by atoms with E-state index in [4.69, 9.17) is 11.6 Å². The predicted molar refractivity (Wildman–Crippen MR) is 97.2 cm³/mol. The Morgan fingerprint density at radius 1 is 0.958 bits per heavy atom. The second-order valence-electron chi connectivity index (χ2n) is 5.93. The van der Waals surface area contributed by atoms with Gasteiger partial charge in [0.1, 0.15) is 6.54 Å². The molecule has 0 bridgehead atoms. The standard InChI is InChI=1S/C18H20ClNO3S/c1-12-5-7-16(8-6-12)24(22,23)20(11-17(19)21)18-14(3)9-13(2)10-15(18)4/h5-10H,11H2,1-4H3. The highest BCUT2D eigenvalue weighted by molar-refractivity contribution is 7.92. The fraction of sp³-hybridized carbons (Fsp3) is 0.278. The molecule has 0 radical (unpaired) electrons. The third kappa shape index (κ3) is 3.79. The number of benzene rings is 2. The number of hydrogen-bond acceptors (Lipinski definition) is 3. The Morgan fingerprint density at radius 3 is 1.92 bits per heavy atom. The van der Waals surface area contributed by atoms with Crippen molar-refractivity contribution in [2.75, 3.05) is 10.8 Å². The summed E-state index contributed by atoms with van der Waals surface area (Å²) in [5, 5.41) is -0.731. The van der Waals surface area contributed by atoms with Crippen LogP contribution in [0.15, 0.2) is 41.3 Å². The van der Waals surface area contributed by atoms with E-state index in [1.165, 1.54) is 12.1 Å². The van der Waals surface area contributed by atoms with Crippen LogP contribution in [0.25, 0.3) is 0 Å². The van der Waals surface area contributed by atoms with Crippen molar-refractivity contribution in [2.45, 2.75) is 32.6 Å². The van der Waals surface area contributed by atoms with E-state index < -0.39 is 21.8 Å². The number of carbonyl (C=O) groups is 1. The van der Waals surface area contributed by atoms with Gasteiger partial charge < -0.3 is 0 Å². The molecule has 0 fully saturated rings. The summed E-state index contributed by atoms with van der Waals surface area (Å²) in [6, 6.07) is 10.3. The average molecular weight is 366 g/mol. The lowest BCUT2D eigenvalue weighted by atomic mass is 10.1. The molecule has 0 amide bonds. The minimum Gasteiger partial charge on any atom is -0.279 e. The summed E-state index contributed by atoms with van der Waals surface area (Å²) in [6.07, 6.45) is 0. The molecular weight excluding hydrogens is 346 g/mol. The topological polar surface area (TPSA) is 54.5 Å². The quantitative estimate of drug-likeness (QED) is 0.755. The van der Waals surface area contributed by atoms with Crippen molar-refractivity contribution < 1.29 is 13.2 Å². The van der Waals surface area contributed by atoms with E-state index in [1.54, 1.807) is 12.1 Å². The van der Waals surface area contributed by atoms with E-state index in [1.807, 2.05) is 39.8 Å². The maximum atomic E-state index is 13.1. The summed E-state index contributed by atoms with van der Waals surface area (Å²) in [5.74, 6) is 0. The van der Waals surface area contributed by atoms with E-state index in [9.17, 15) is 13.2 Å². The molecule has 2 rings (SSSR count). The molecule has 0 saturated carbocycles. The molecule has 0 N–H and O–H groups in total. The summed E-state index contributed by atoms with van der Waals surface area (Å²) in [7, 11) is -3.90. The minimum absolute atomic E-state index is 0.130. The molecule has 0 heterocycles. The summed E-state index contributed by atoms with van der Waals surface area (Å²) >= 11 is 5.53. The monoisotopic (exact) mass is 365 g/mol. The summed E-state index contributed by atoms with van der Waals surface area (Å²) < 4.78 is 27.3. The van der Waals surface area contributed by atoms with Crippen LogP contribution in [0.5, 0.6) is 0 Å². The van der Waals surface area contributed by atoms with Crippen LogP contribution in [0, 0.1) is 27.7 Å². The molecule has 0 aliphatic heterocycles. The Morgan fingerprint density at radius 2 is 1.46 bits per heavy atom. The van der Waals surface area contributed by atoms with Gasteiger partial charge in [-0.2, -0.15) is 0 Å². The number of rotatable bonds is 5. The van der Waals surface area contributed by atoms with Crippen molar-refractivity contribution in [3.05, 3.63) is 58.7 Å². The van der Waals surface area contributed by atoms with Gasteiger partial charge in [-0.3, -0.25) is 9.10 Å². The smallest absolute Gasteiger partial charge is 0.264 e. The summed E-state index contributed by atoms with van der Waals surface area (Å²) in [4.78, 5) is 11.6. The van der Waals surface area contributed by atoms with Crippen molar-refractivity contribution in [3.8, 4) is 0 Å². The summed E-state index contributed by atoms with van der Waals surface area (Å²) in [5.41, 5.74) is 4.03. The Kier molecular flexibility index (Phi) is 5.35. The zero-order valence-electron chi connectivity index (χ0n) is 14.1. The molecule has 0 atom stereocenters. The van der Waals surface area contributed by atoms with E-state index in [2.05, 4.69) is 0 Å². The number of sulfonamides is 1. The Balaban J connectivity index is 2.65. The third-order valence-corrected chi connectivity index (χ3v) is 5.64. The van der Waals surface area contributed by atoms with E-state index in [0.717, 1.165) is 26.6 Å². The molecule has 128 valence electrons. The van der Waals surface area contributed by atoms with Crippen LogP contribution in [-0.2, 0) is 14.8 Å². The van der Waals surface area contributed by atoms with E-state index >= 15 is 0 Å². The van der Waals surface area contributed by atoms with Crippen LogP contribution in [0.3, 0.4) is 0 Å². The number of nitrogens with zero attached hydrogens (tertiary/aromatic N) is 1. The molecular formula is C18H20ClNO3S. The largest absolute Gasteiger partial charge is 0.279 e. The van der Waals surface area contributed by atoms with E-state index in [-0.39, 0.29) is 4.90 Å². The first kappa shape index (κ1) is 18.5. The zero-order valence-corrected chi connectivity index (χ0v) is 15.7. The molecule has 24 heavy (non-hydrogen) atoms. The first-order valence-electron chi connectivity index (χ1n) is 7.48. The normalized spacial score (nSPS) is 11.4. The van der Waals surface area contributed by atoms with Crippen LogP contribution in [0.1, 0.15) is 22.3 Å². The fourth-order valence-electron chi connectivity index (χ4n) is 2.80. The van der Waals surface area contributed by atoms with Gasteiger partial charge in [-0.1, -0.05) is 35.4 Å². The molecule has 0 aliphatic carbocycles. The van der Waals surface area contributed by atoms with Gasteiger partial charge >= 0.3 is 0 Å². The van der Waals surface area contributed by atoms with E-state index in [0.29, 0.717) is 5.69 Å².